The number of carbonyl (C=O) groups excluding carboxylic acids is 1. The second kappa shape index (κ2) is 6.43. The Hall–Kier alpha value is -2.49. The van der Waals surface area contributed by atoms with Crippen molar-refractivity contribution >= 4 is 11.6 Å². The van der Waals surface area contributed by atoms with Crippen LogP contribution in [0.3, 0.4) is 0 Å². The first-order chi connectivity index (χ1) is 11.9. The Labute approximate surface area is 149 Å². The fourth-order valence-corrected chi connectivity index (χ4v) is 3.59. The molecule has 25 heavy (non-hydrogen) atoms. The summed E-state index contributed by atoms with van der Waals surface area (Å²) in [5.41, 5.74) is 4.28. The van der Waals surface area contributed by atoms with Gasteiger partial charge >= 0.3 is 0 Å². The lowest BCUT2D eigenvalue weighted by molar-refractivity contribution is -0.119. The van der Waals surface area contributed by atoms with Crippen LogP contribution in [0.1, 0.15) is 38.3 Å². The van der Waals surface area contributed by atoms with Crippen LogP contribution in [0.4, 0.5) is 5.69 Å². The van der Waals surface area contributed by atoms with Crippen molar-refractivity contribution in [2.75, 3.05) is 19.5 Å². The van der Waals surface area contributed by atoms with E-state index in [1.807, 2.05) is 32.0 Å². The number of rotatable bonds is 5. The summed E-state index contributed by atoms with van der Waals surface area (Å²) in [5, 5.41) is 2.98. The SMILES string of the molecule is CCCc1cc(OC)c(-c2cccc3c2C(C)(C)C(=O)N3)c(OC)c1. The Morgan fingerprint density at radius 1 is 1.08 bits per heavy atom. The maximum atomic E-state index is 12.4. The molecule has 0 atom stereocenters. The Bertz CT molecular complexity index is 799. The highest BCUT2D eigenvalue weighted by Crippen LogP contribution is 2.48. The minimum Gasteiger partial charge on any atom is -0.496 e. The van der Waals surface area contributed by atoms with Gasteiger partial charge < -0.3 is 14.8 Å². The molecule has 3 rings (SSSR count). The maximum absolute atomic E-state index is 12.4. The molecule has 0 bridgehead atoms. The molecule has 132 valence electrons. The molecule has 0 aromatic heterocycles. The van der Waals surface area contributed by atoms with E-state index in [0.717, 1.165) is 46.7 Å². The van der Waals surface area contributed by atoms with Crippen molar-refractivity contribution in [3.63, 3.8) is 0 Å². The molecule has 4 nitrogen and oxygen atoms in total. The summed E-state index contributed by atoms with van der Waals surface area (Å²) in [6, 6.07) is 10.1. The second-order valence-corrected chi connectivity index (χ2v) is 6.93. The quantitative estimate of drug-likeness (QED) is 0.869. The van der Waals surface area contributed by atoms with E-state index in [1.54, 1.807) is 14.2 Å². The van der Waals surface area contributed by atoms with Gasteiger partial charge in [0.25, 0.3) is 0 Å². The number of nitrogens with one attached hydrogen (secondary N) is 1. The first-order valence-electron chi connectivity index (χ1n) is 8.64. The van der Waals surface area contributed by atoms with Crippen LogP contribution in [0.5, 0.6) is 11.5 Å². The number of aryl methyl sites for hydroxylation is 1. The van der Waals surface area contributed by atoms with Crippen molar-refractivity contribution in [1.29, 1.82) is 0 Å². The lowest BCUT2D eigenvalue weighted by Gasteiger charge is -2.22. The third-order valence-corrected chi connectivity index (χ3v) is 4.88. The van der Waals surface area contributed by atoms with Crippen LogP contribution in [0.2, 0.25) is 0 Å². The average molecular weight is 339 g/mol. The second-order valence-electron chi connectivity index (χ2n) is 6.93. The van der Waals surface area contributed by atoms with Crippen molar-refractivity contribution < 1.29 is 14.3 Å². The number of fused-ring (bicyclic) bond motifs is 1. The third kappa shape index (κ3) is 2.76. The summed E-state index contributed by atoms with van der Waals surface area (Å²) < 4.78 is 11.4. The van der Waals surface area contributed by atoms with Crippen molar-refractivity contribution in [2.45, 2.75) is 39.0 Å². The molecule has 1 N–H and O–H groups in total. The first kappa shape index (κ1) is 17.3. The van der Waals surface area contributed by atoms with Gasteiger partial charge in [-0.05, 0) is 55.2 Å². The van der Waals surface area contributed by atoms with Crippen LogP contribution in [0.25, 0.3) is 11.1 Å². The van der Waals surface area contributed by atoms with E-state index in [0.29, 0.717) is 0 Å². The third-order valence-electron chi connectivity index (χ3n) is 4.88. The van der Waals surface area contributed by atoms with Gasteiger partial charge in [0.15, 0.2) is 0 Å². The molecule has 0 unspecified atom stereocenters. The highest BCUT2D eigenvalue weighted by Gasteiger charge is 2.41. The molecule has 0 saturated carbocycles. The van der Waals surface area contributed by atoms with E-state index >= 15 is 0 Å². The summed E-state index contributed by atoms with van der Waals surface area (Å²) in [7, 11) is 3.34. The predicted octanol–water partition coefficient (Wildman–Crippen LogP) is 4.55. The summed E-state index contributed by atoms with van der Waals surface area (Å²) in [6.45, 7) is 6.04. The van der Waals surface area contributed by atoms with Gasteiger partial charge in [0.2, 0.25) is 5.91 Å². The Kier molecular flexibility index (Phi) is 4.46. The van der Waals surface area contributed by atoms with Gasteiger partial charge in [-0.15, -0.1) is 0 Å². The molecular weight excluding hydrogens is 314 g/mol. The molecule has 1 amide bonds. The molecule has 0 saturated heterocycles. The number of methoxy groups -OCH3 is 2. The highest BCUT2D eigenvalue weighted by molar-refractivity contribution is 6.08. The van der Waals surface area contributed by atoms with Crippen molar-refractivity contribution in [3.05, 3.63) is 41.5 Å². The van der Waals surface area contributed by atoms with Crippen molar-refractivity contribution in [2.24, 2.45) is 0 Å². The van der Waals surface area contributed by atoms with Gasteiger partial charge in [0, 0.05) is 5.69 Å². The normalized spacial score (nSPS) is 14.8. The topological polar surface area (TPSA) is 47.6 Å². The van der Waals surface area contributed by atoms with Crippen LogP contribution in [0, 0.1) is 0 Å². The Morgan fingerprint density at radius 2 is 1.72 bits per heavy atom. The van der Waals surface area contributed by atoms with Gasteiger partial charge in [-0.1, -0.05) is 25.5 Å². The molecule has 2 aromatic carbocycles. The van der Waals surface area contributed by atoms with Gasteiger partial charge in [0.1, 0.15) is 11.5 Å². The fourth-order valence-electron chi connectivity index (χ4n) is 3.59. The standard InChI is InChI=1S/C21H25NO3/c1-6-8-13-11-16(24-4)18(17(12-13)25-5)14-9-7-10-15-19(14)21(2,3)20(23)22-15/h7,9-12H,6,8H2,1-5H3,(H,22,23). The Balaban J connectivity index is 2.29. The van der Waals surface area contributed by atoms with Gasteiger partial charge in [0.05, 0.1) is 25.2 Å². The number of anilines is 1. The zero-order valence-electron chi connectivity index (χ0n) is 15.5. The fraction of sp³-hybridized carbons (Fsp3) is 0.381. The molecule has 1 heterocycles. The lowest BCUT2D eigenvalue weighted by atomic mass is 9.80. The van der Waals surface area contributed by atoms with E-state index in [9.17, 15) is 4.79 Å². The largest absolute Gasteiger partial charge is 0.496 e. The number of hydrogen-bond donors (Lipinski definition) is 1. The summed E-state index contributed by atoms with van der Waals surface area (Å²) in [5.74, 6) is 1.55. The van der Waals surface area contributed by atoms with E-state index in [1.165, 1.54) is 5.56 Å². The lowest BCUT2D eigenvalue weighted by Crippen LogP contribution is -2.27. The molecule has 0 aliphatic carbocycles. The van der Waals surface area contributed by atoms with Crippen LogP contribution < -0.4 is 14.8 Å². The van der Waals surface area contributed by atoms with E-state index in [2.05, 4.69) is 24.4 Å². The van der Waals surface area contributed by atoms with Crippen LogP contribution in [0.15, 0.2) is 30.3 Å². The summed E-state index contributed by atoms with van der Waals surface area (Å²) in [4.78, 5) is 12.4. The zero-order valence-corrected chi connectivity index (χ0v) is 15.5. The molecule has 1 aliphatic heterocycles. The zero-order chi connectivity index (χ0) is 18.2. The maximum Gasteiger partial charge on any atom is 0.234 e. The van der Waals surface area contributed by atoms with E-state index in [-0.39, 0.29) is 5.91 Å². The van der Waals surface area contributed by atoms with Crippen LogP contribution >= 0.6 is 0 Å². The average Bonchev–Trinajstić information content (AvgIpc) is 2.83. The molecule has 4 heteroatoms. The number of carbonyl (C=O) groups is 1. The number of hydrogen-bond acceptors (Lipinski definition) is 3. The Morgan fingerprint density at radius 3 is 2.28 bits per heavy atom. The van der Waals surface area contributed by atoms with Crippen molar-refractivity contribution in [3.8, 4) is 22.6 Å². The van der Waals surface area contributed by atoms with Gasteiger partial charge in [-0.25, -0.2) is 0 Å². The molecule has 2 aromatic rings. The van der Waals surface area contributed by atoms with E-state index in [4.69, 9.17) is 9.47 Å². The number of ether oxygens (including phenoxy) is 2. The minimum absolute atomic E-state index is 0.00971. The number of amides is 1. The molecular formula is C21H25NO3. The summed E-state index contributed by atoms with van der Waals surface area (Å²) >= 11 is 0. The predicted molar refractivity (Wildman–Crippen MR) is 101 cm³/mol. The first-order valence-corrected chi connectivity index (χ1v) is 8.64. The number of benzene rings is 2. The molecule has 0 fully saturated rings. The van der Waals surface area contributed by atoms with Crippen LogP contribution in [-0.2, 0) is 16.6 Å². The molecule has 0 radical (unpaired) electrons. The molecule has 0 spiro atoms. The smallest absolute Gasteiger partial charge is 0.234 e. The van der Waals surface area contributed by atoms with Gasteiger partial charge in [-0.2, -0.15) is 0 Å². The van der Waals surface area contributed by atoms with Crippen LogP contribution in [-0.4, -0.2) is 20.1 Å². The highest BCUT2D eigenvalue weighted by atomic mass is 16.5. The summed E-state index contributed by atoms with van der Waals surface area (Å²) in [6.07, 6.45) is 2.02. The van der Waals surface area contributed by atoms with E-state index < -0.39 is 5.41 Å². The van der Waals surface area contributed by atoms with Crippen molar-refractivity contribution in [1.82, 2.24) is 0 Å². The minimum atomic E-state index is -0.607. The molecule has 1 aliphatic rings. The monoisotopic (exact) mass is 339 g/mol. The van der Waals surface area contributed by atoms with Gasteiger partial charge in [-0.3, -0.25) is 4.79 Å².